The molecule has 1 aromatic rings. The van der Waals surface area contributed by atoms with Crippen molar-refractivity contribution < 1.29 is 18.3 Å². The highest BCUT2D eigenvalue weighted by Gasteiger charge is 2.29. The number of aryl methyl sites for hydroxylation is 1. The molecule has 0 aromatic carbocycles. The number of hydrogen-bond donors (Lipinski definition) is 2. The number of sulfonamides is 1. The third-order valence-corrected chi connectivity index (χ3v) is 4.92. The number of hydrogen-bond acceptors (Lipinski definition) is 3. The summed E-state index contributed by atoms with van der Waals surface area (Å²) in [5, 5.41) is 8.91. The zero-order valence-electron chi connectivity index (χ0n) is 11.0. The van der Waals surface area contributed by atoms with Gasteiger partial charge in [0.15, 0.2) is 0 Å². The monoisotopic (exact) mass is 286 g/mol. The van der Waals surface area contributed by atoms with Crippen LogP contribution in [0, 0.1) is 11.8 Å². The summed E-state index contributed by atoms with van der Waals surface area (Å²) in [5.41, 5.74) is -0.0457. The summed E-state index contributed by atoms with van der Waals surface area (Å²) in [7, 11) is -2.12. The van der Waals surface area contributed by atoms with Gasteiger partial charge in [0.05, 0.1) is 0 Å². The van der Waals surface area contributed by atoms with Gasteiger partial charge in [-0.25, -0.2) is 17.9 Å². The van der Waals surface area contributed by atoms with Crippen LogP contribution in [0.25, 0.3) is 0 Å². The quantitative estimate of drug-likeness (QED) is 0.818. The second-order valence-electron chi connectivity index (χ2n) is 5.14. The van der Waals surface area contributed by atoms with Crippen molar-refractivity contribution in [2.45, 2.75) is 24.7 Å². The molecule has 2 N–H and O–H groups in total. The molecule has 0 aliphatic heterocycles. The van der Waals surface area contributed by atoms with Crippen LogP contribution in [0.5, 0.6) is 0 Å². The predicted molar refractivity (Wildman–Crippen MR) is 69.4 cm³/mol. The second-order valence-corrected chi connectivity index (χ2v) is 6.91. The van der Waals surface area contributed by atoms with Gasteiger partial charge in [0.25, 0.3) is 0 Å². The molecule has 6 nitrogen and oxygen atoms in total. The number of nitrogens with one attached hydrogen (secondary N) is 1. The lowest BCUT2D eigenvalue weighted by Crippen LogP contribution is -2.28. The minimum Gasteiger partial charge on any atom is -0.477 e. The van der Waals surface area contributed by atoms with Gasteiger partial charge < -0.3 is 9.67 Å². The van der Waals surface area contributed by atoms with Crippen molar-refractivity contribution in [2.75, 3.05) is 6.54 Å². The zero-order chi connectivity index (χ0) is 14.2. The maximum atomic E-state index is 12.1. The van der Waals surface area contributed by atoms with Gasteiger partial charge in [-0.3, -0.25) is 0 Å². The van der Waals surface area contributed by atoms with Crippen LogP contribution in [-0.4, -0.2) is 30.6 Å². The van der Waals surface area contributed by atoms with E-state index in [2.05, 4.69) is 4.72 Å². The second kappa shape index (κ2) is 4.97. The molecule has 19 heavy (non-hydrogen) atoms. The number of nitrogens with zero attached hydrogens (tertiary/aromatic N) is 1. The summed E-state index contributed by atoms with van der Waals surface area (Å²) in [6.45, 7) is 2.41. The fourth-order valence-electron chi connectivity index (χ4n) is 2.05. The number of aromatic nitrogens is 1. The van der Waals surface area contributed by atoms with E-state index in [9.17, 15) is 13.2 Å². The Balaban J connectivity index is 2.10. The Hall–Kier alpha value is -1.34. The molecule has 1 fully saturated rings. The van der Waals surface area contributed by atoms with Crippen molar-refractivity contribution in [3.8, 4) is 0 Å². The Morgan fingerprint density at radius 1 is 1.58 bits per heavy atom. The van der Waals surface area contributed by atoms with Gasteiger partial charge >= 0.3 is 5.97 Å². The SMILES string of the molecule is CC(CNS(=O)(=O)c1cc(C(=O)O)n(C)c1)C1CC1. The Kier molecular flexibility index (Phi) is 3.69. The minimum absolute atomic E-state index is 0.00426. The fraction of sp³-hybridized carbons (Fsp3) is 0.583. The highest BCUT2D eigenvalue weighted by Crippen LogP contribution is 2.36. The van der Waals surface area contributed by atoms with Crippen LogP contribution in [0.4, 0.5) is 0 Å². The molecular weight excluding hydrogens is 268 g/mol. The van der Waals surface area contributed by atoms with Crippen LogP contribution in [0.3, 0.4) is 0 Å². The first-order chi connectivity index (χ1) is 8.81. The molecule has 1 saturated carbocycles. The van der Waals surface area contributed by atoms with Gasteiger partial charge in [-0.15, -0.1) is 0 Å². The van der Waals surface area contributed by atoms with Crippen LogP contribution in [0.2, 0.25) is 0 Å². The van der Waals surface area contributed by atoms with Gasteiger partial charge in [0.1, 0.15) is 10.6 Å². The summed E-state index contributed by atoms with van der Waals surface area (Å²) >= 11 is 0. The molecule has 7 heteroatoms. The molecule has 106 valence electrons. The first-order valence-corrected chi connectivity index (χ1v) is 7.69. The topological polar surface area (TPSA) is 88.4 Å². The van der Waals surface area contributed by atoms with Gasteiger partial charge in [-0.1, -0.05) is 6.92 Å². The van der Waals surface area contributed by atoms with Gasteiger partial charge in [-0.05, 0) is 30.7 Å². The van der Waals surface area contributed by atoms with E-state index in [1.54, 1.807) is 0 Å². The van der Waals surface area contributed by atoms with Crippen LogP contribution in [0.1, 0.15) is 30.3 Å². The summed E-state index contributed by atoms with van der Waals surface area (Å²) in [6, 6.07) is 1.17. The van der Waals surface area contributed by atoms with E-state index in [0.29, 0.717) is 18.4 Å². The van der Waals surface area contributed by atoms with E-state index in [4.69, 9.17) is 5.11 Å². The van der Waals surface area contributed by atoms with Crippen molar-refractivity contribution in [3.63, 3.8) is 0 Å². The molecule has 0 saturated heterocycles. The zero-order valence-corrected chi connectivity index (χ0v) is 11.8. The van der Waals surface area contributed by atoms with Crippen LogP contribution < -0.4 is 4.72 Å². The minimum atomic E-state index is -3.63. The highest BCUT2D eigenvalue weighted by atomic mass is 32.2. The molecule has 0 spiro atoms. The lowest BCUT2D eigenvalue weighted by molar-refractivity contribution is 0.0686. The van der Waals surface area contributed by atoms with E-state index < -0.39 is 16.0 Å². The molecule has 1 aliphatic carbocycles. The van der Waals surface area contributed by atoms with Crippen LogP contribution >= 0.6 is 0 Å². The highest BCUT2D eigenvalue weighted by molar-refractivity contribution is 7.89. The smallest absolute Gasteiger partial charge is 0.352 e. The number of aromatic carboxylic acids is 1. The number of carboxylic acids is 1. The van der Waals surface area contributed by atoms with Crippen molar-refractivity contribution in [3.05, 3.63) is 18.0 Å². The average Bonchev–Trinajstić information content (AvgIpc) is 3.08. The van der Waals surface area contributed by atoms with Crippen LogP contribution in [-0.2, 0) is 17.1 Å². The maximum Gasteiger partial charge on any atom is 0.352 e. The Morgan fingerprint density at radius 3 is 2.68 bits per heavy atom. The summed E-state index contributed by atoms with van der Waals surface area (Å²) < 4.78 is 27.9. The van der Waals surface area contributed by atoms with Gasteiger partial charge in [0, 0.05) is 19.8 Å². The molecule has 0 radical (unpaired) electrons. The Bertz CT molecular complexity index is 587. The standard InChI is InChI=1S/C12H18N2O4S/c1-8(9-3-4-9)6-13-19(17,18)10-5-11(12(15)16)14(2)7-10/h5,7-9,13H,3-4,6H2,1-2H3,(H,15,16). The Labute approximate surface area is 112 Å². The summed E-state index contributed by atoms with van der Waals surface area (Å²) in [6.07, 6.45) is 3.64. The summed E-state index contributed by atoms with van der Waals surface area (Å²) in [5.74, 6) is -0.208. The molecule has 0 bridgehead atoms. The lowest BCUT2D eigenvalue weighted by Gasteiger charge is -2.10. The van der Waals surface area contributed by atoms with E-state index in [1.165, 1.54) is 23.9 Å². The Morgan fingerprint density at radius 2 is 2.21 bits per heavy atom. The van der Waals surface area contributed by atoms with Gasteiger partial charge in [-0.2, -0.15) is 0 Å². The average molecular weight is 286 g/mol. The van der Waals surface area contributed by atoms with E-state index >= 15 is 0 Å². The maximum absolute atomic E-state index is 12.1. The molecule has 1 heterocycles. The number of carboxylic acid groups (broad SMARTS) is 1. The van der Waals surface area contributed by atoms with E-state index in [-0.39, 0.29) is 10.6 Å². The molecule has 1 atom stereocenters. The molecule has 0 amide bonds. The molecule has 1 aliphatic rings. The molecule has 2 rings (SSSR count). The first kappa shape index (κ1) is 14.1. The summed E-state index contributed by atoms with van der Waals surface area (Å²) in [4.78, 5) is 10.9. The van der Waals surface area contributed by atoms with Crippen molar-refractivity contribution in [2.24, 2.45) is 18.9 Å². The first-order valence-electron chi connectivity index (χ1n) is 6.20. The third kappa shape index (κ3) is 3.16. The van der Waals surface area contributed by atoms with Crippen molar-refractivity contribution >= 4 is 16.0 Å². The van der Waals surface area contributed by atoms with Crippen molar-refractivity contribution in [1.82, 2.24) is 9.29 Å². The predicted octanol–water partition coefficient (Wildman–Crippen LogP) is 1.05. The molecule has 1 aromatic heterocycles. The van der Waals surface area contributed by atoms with Crippen molar-refractivity contribution in [1.29, 1.82) is 0 Å². The number of rotatable bonds is 6. The normalized spacial score (nSPS) is 17.4. The van der Waals surface area contributed by atoms with E-state index in [1.807, 2.05) is 6.92 Å². The van der Waals surface area contributed by atoms with Crippen LogP contribution in [0.15, 0.2) is 17.2 Å². The third-order valence-electron chi connectivity index (χ3n) is 3.53. The van der Waals surface area contributed by atoms with Gasteiger partial charge in [0.2, 0.25) is 10.0 Å². The largest absolute Gasteiger partial charge is 0.477 e. The molecular formula is C12H18N2O4S. The number of carbonyl (C=O) groups is 1. The molecule has 1 unspecified atom stereocenters. The fourth-order valence-corrected chi connectivity index (χ4v) is 3.26. The lowest BCUT2D eigenvalue weighted by atomic mass is 10.1. The van der Waals surface area contributed by atoms with E-state index in [0.717, 1.165) is 12.8 Å².